The standard InChI is InChI=1S/C17H23N3O3S/c1-4-22-14-6-7-15(23-5-2)13(10-14)8-9-18-16-20-17(24-16)19-11-12(3)21/h6-7,10H,4-5,8-9,11H2,1-3H3,(H,18,19,20). The lowest BCUT2D eigenvalue weighted by Crippen LogP contribution is -2.39. The molecule has 1 aromatic rings. The molecule has 0 aromatic heterocycles. The van der Waals surface area contributed by atoms with E-state index < -0.39 is 0 Å². The quantitative estimate of drug-likeness (QED) is 0.742. The fourth-order valence-electron chi connectivity index (χ4n) is 2.10. The summed E-state index contributed by atoms with van der Waals surface area (Å²) in [5.74, 6) is 1.77. The molecule has 130 valence electrons. The Balaban J connectivity index is 1.89. The first-order valence-corrected chi connectivity index (χ1v) is 8.85. The molecular weight excluding hydrogens is 326 g/mol. The van der Waals surface area contributed by atoms with E-state index in [-0.39, 0.29) is 12.3 Å². The van der Waals surface area contributed by atoms with Crippen LogP contribution in [0.25, 0.3) is 0 Å². The Morgan fingerprint density at radius 1 is 1.17 bits per heavy atom. The maximum absolute atomic E-state index is 10.9. The lowest BCUT2D eigenvalue weighted by molar-refractivity contribution is -0.115. The molecule has 0 atom stereocenters. The van der Waals surface area contributed by atoms with Crippen molar-refractivity contribution >= 4 is 27.9 Å². The van der Waals surface area contributed by atoms with E-state index in [9.17, 15) is 4.79 Å². The van der Waals surface area contributed by atoms with Gasteiger partial charge >= 0.3 is 0 Å². The van der Waals surface area contributed by atoms with Crippen LogP contribution in [-0.4, -0.2) is 42.4 Å². The van der Waals surface area contributed by atoms with E-state index >= 15 is 0 Å². The molecule has 7 heteroatoms. The Kier molecular flexibility index (Phi) is 7.11. The number of nitrogens with one attached hydrogen (secondary N) is 1. The average Bonchev–Trinajstić information content (AvgIpc) is 2.51. The Morgan fingerprint density at radius 2 is 1.88 bits per heavy atom. The van der Waals surface area contributed by atoms with Crippen molar-refractivity contribution in [1.82, 2.24) is 5.32 Å². The Morgan fingerprint density at radius 3 is 2.54 bits per heavy atom. The van der Waals surface area contributed by atoms with Crippen LogP contribution in [0.15, 0.2) is 28.2 Å². The number of amidine groups is 2. The van der Waals surface area contributed by atoms with Crippen LogP contribution in [0.1, 0.15) is 26.3 Å². The number of ketones is 1. The summed E-state index contributed by atoms with van der Waals surface area (Å²) in [5, 5.41) is 4.63. The van der Waals surface area contributed by atoms with Crippen LogP contribution in [0.2, 0.25) is 0 Å². The van der Waals surface area contributed by atoms with Crippen LogP contribution in [-0.2, 0) is 11.2 Å². The number of carbonyl (C=O) groups excluding carboxylic acids is 1. The SMILES string of the molecule is CCOc1ccc(OCC)c(CCN=C2NC(=NCC(C)=O)S2)c1. The molecule has 0 amide bonds. The predicted molar refractivity (Wildman–Crippen MR) is 98.5 cm³/mol. The molecule has 1 aromatic carbocycles. The van der Waals surface area contributed by atoms with Crippen LogP contribution in [0.3, 0.4) is 0 Å². The molecule has 1 fully saturated rings. The van der Waals surface area contributed by atoms with Gasteiger partial charge in [-0.05, 0) is 62.7 Å². The van der Waals surface area contributed by atoms with Gasteiger partial charge in [0.25, 0.3) is 0 Å². The second kappa shape index (κ2) is 9.32. The highest BCUT2D eigenvalue weighted by atomic mass is 32.2. The van der Waals surface area contributed by atoms with E-state index in [1.54, 1.807) is 0 Å². The Hall–Kier alpha value is -2.02. The number of carbonyl (C=O) groups is 1. The first-order chi connectivity index (χ1) is 11.6. The molecule has 1 saturated heterocycles. The third-order valence-electron chi connectivity index (χ3n) is 3.13. The number of thioether (sulfide) groups is 1. The van der Waals surface area contributed by atoms with Gasteiger partial charge < -0.3 is 14.8 Å². The number of nitrogens with zero attached hydrogens (tertiary/aromatic N) is 2. The largest absolute Gasteiger partial charge is 0.494 e. The second-order valence-electron chi connectivity index (χ2n) is 5.12. The maximum Gasteiger partial charge on any atom is 0.170 e. The molecular formula is C17H23N3O3S. The molecule has 6 nitrogen and oxygen atoms in total. The van der Waals surface area contributed by atoms with Crippen LogP contribution in [0.5, 0.6) is 11.5 Å². The topological polar surface area (TPSA) is 72.3 Å². The summed E-state index contributed by atoms with van der Waals surface area (Å²) >= 11 is 1.46. The second-order valence-corrected chi connectivity index (χ2v) is 6.10. The molecule has 0 aliphatic carbocycles. The van der Waals surface area contributed by atoms with Gasteiger partial charge in [0.05, 0.1) is 13.2 Å². The fraction of sp³-hybridized carbons (Fsp3) is 0.471. The number of hydrogen-bond acceptors (Lipinski definition) is 6. The van der Waals surface area contributed by atoms with E-state index in [1.807, 2.05) is 32.0 Å². The van der Waals surface area contributed by atoms with Crippen LogP contribution >= 0.6 is 11.8 Å². The molecule has 0 bridgehead atoms. The lowest BCUT2D eigenvalue weighted by atomic mass is 10.1. The van der Waals surface area contributed by atoms with E-state index in [2.05, 4.69) is 15.3 Å². The molecule has 2 rings (SSSR count). The van der Waals surface area contributed by atoms with Gasteiger partial charge in [0, 0.05) is 6.54 Å². The van der Waals surface area contributed by atoms with Crippen molar-refractivity contribution < 1.29 is 14.3 Å². The first-order valence-electron chi connectivity index (χ1n) is 8.04. The summed E-state index contributed by atoms with van der Waals surface area (Å²) in [6.07, 6.45) is 0.766. The molecule has 0 spiro atoms. The highest BCUT2D eigenvalue weighted by molar-refractivity contribution is 8.29. The van der Waals surface area contributed by atoms with E-state index in [4.69, 9.17) is 9.47 Å². The summed E-state index contributed by atoms with van der Waals surface area (Å²) in [5.41, 5.74) is 1.09. The molecule has 0 unspecified atom stereocenters. The number of hydrogen-bond donors (Lipinski definition) is 1. The molecule has 0 saturated carbocycles. The van der Waals surface area contributed by atoms with Crippen molar-refractivity contribution in [3.05, 3.63) is 23.8 Å². The predicted octanol–water partition coefficient (Wildman–Crippen LogP) is 2.66. The summed E-state index contributed by atoms with van der Waals surface area (Å²) in [7, 11) is 0. The molecule has 0 radical (unpaired) electrons. The zero-order chi connectivity index (χ0) is 17.4. The minimum absolute atomic E-state index is 0.0490. The summed E-state index contributed by atoms with van der Waals surface area (Å²) in [6, 6.07) is 5.88. The van der Waals surface area contributed by atoms with Crippen molar-refractivity contribution in [3.63, 3.8) is 0 Å². The Bertz CT molecular complexity index is 634. The minimum Gasteiger partial charge on any atom is -0.494 e. The van der Waals surface area contributed by atoms with Crippen molar-refractivity contribution in [1.29, 1.82) is 0 Å². The van der Waals surface area contributed by atoms with Gasteiger partial charge in [0.1, 0.15) is 18.0 Å². The van der Waals surface area contributed by atoms with Gasteiger partial charge in [-0.1, -0.05) is 0 Å². The van der Waals surface area contributed by atoms with Gasteiger partial charge in [-0.2, -0.15) is 0 Å². The third kappa shape index (κ3) is 5.56. The Labute approximate surface area is 146 Å². The van der Waals surface area contributed by atoms with Crippen molar-refractivity contribution in [2.45, 2.75) is 27.2 Å². The van der Waals surface area contributed by atoms with E-state index in [1.165, 1.54) is 18.7 Å². The van der Waals surface area contributed by atoms with Crippen LogP contribution < -0.4 is 14.8 Å². The fourth-order valence-corrected chi connectivity index (χ4v) is 2.71. The highest BCUT2D eigenvalue weighted by Gasteiger charge is 2.19. The monoisotopic (exact) mass is 349 g/mol. The zero-order valence-electron chi connectivity index (χ0n) is 14.3. The first kappa shape index (κ1) is 18.3. The minimum atomic E-state index is 0.0490. The number of Topliss-reactive ketones (excluding diaryl/α,β-unsaturated/α-hetero) is 1. The van der Waals surface area contributed by atoms with Gasteiger partial charge in [-0.25, -0.2) is 0 Å². The average molecular weight is 349 g/mol. The highest BCUT2D eigenvalue weighted by Crippen LogP contribution is 2.25. The molecule has 24 heavy (non-hydrogen) atoms. The van der Waals surface area contributed by atoms with Crippen molar-refractivity contribution in [3.8, 4) is 11.5 Å². The number of aliphatic imine (C=N–C) groups is 2. The number of ether oxygens (including phenoxy) is 2. The zero-order valence-corrected chi connectivity index (χ0v) is 15.1. The summed E-state index contributed by atoms with van der Waals surface area (Å²) in [6.45, 7) is 7.58. The molecule has 1 heterocycles. The van der Waals surface area contributed by atoms with E-state index in [0.29, 0.717) is 19.8 Å². The van der Waals surface area contributed by atoms with Crippen molar-refractivity contribution in [2.75, 3.05) is 26.3 Å². The van der Waals surface area contributed by atoms with Crippen LogP contribution in [0.4, 0.5) is 0 Å². The van der Waals surface area contributed by atoms with Gasteiger partial charge in [-0.3, -0.25) is 14.8 Å². The summed E-state index contributed by atoms with van der Waals surface area (Å²) in [4.78, 5) is 19.5. The van der Waals surface area contributed by atoms with Crippen LogP contribution in [0, 0.1) is 0 Å². The number of rotatable bonds is 9. The maximum atomic E-state index is 10.9. The lowest BCUT2D eigenvalue weighted by Gasteiger charge is -2.19. The summed E-state index contributed by atoms with van der Waals surface area (Å²) < 4.78 is 11.2. The molecule has 1 N–H and O–H groups in total. The van der Waals surface area contributed by atoms with E-state index in [0.717, 1.165) is 33.8 Å². The molecule has 1 aliphatic rings. The third-order valence-corrected chi connectivity index (χ3v) is 3.98. The van der Waals surface area contributed by atoms with Gasteiger partial charge in [-0.15, -0.1) is 0 Å². The van der Waals surface area contributed by atoms with Crippen molar-refractivity contribution in [2.24, 2.45) is 9.98 Å². The number of benzene rings is 1. The normalized spacial score (nSPS) is 16.6. The van der Waals surface area contributed by atoms with Gasteiger partial charge in [0.15, 0.2) is 16.1 Å². The smallest absolute Gasteiger partial charge is 0.170 e. The molecule has 1 aliphatic heterocycles. The van der Waals surface area contributed by atoms with Gasteiger partial charge in [0.2, 0.25) is 0 Å².